The van der Waals surface area contributed by atoms with Crippen molar-refractivity contribution < 1.29 is 24.0 Å². The first-order valence-electron chi connectivity index (χ1n) is 9.47. The lowest BCUT2D eigenvalue weighted by molar-refractivity contribution is -0.384. The summed E-state index contributed by atoms with van der Waals surface area (Å²) in [5.74, 6) is -0.0880. The van der Waals surface area contributed by atoms with E-state index < -0.39 is 16.9 Å². The number of hydrazone groups is 1. The molecule has 0 aliphatic rings. The van der Waals surface area contributed by atoms with Gasteiger partial charge in [0.15, 0.2) is 0 Å². The molecule has 0 saturated carbocycles. The van der Waals surface area contributed by atoms with Crippen LogP contribution in [0.4, 0.5) is 11.4 Å². The Balaban J connectivity index is 1.96. The van der Waals surface area contributed by atoms with Crippen LogP contribution >= 0.6 is 0 Å². The van der Waals surface area contributed by atoms with Crippen LogP contribution in [0.5, 0.6) is 11.5 Å². The predicted molar refractivity (Wildman–Crippen MR) is 118 cm³/mol. The Morgan fingerprint density at radius 1 is 0.844 bits per heavy atom. The summed E-state index contributed by atoms with van der Waals surface area (Å²) < 4.78 is 10.1. The highest BCUT2D eigenvalue weighted by molar-refractivity contribution is 6.13. The zero-order valence-corrected chi connectivity index (χ0v) is 17.3. The molecule has 1 N–H and O–H groups in total. The van der Waals surface area contributed by atoms with Crippen molar-refractivity contribution in [1.82, 2.24) is 0 Å². The molecular weight excluding hydrogens is 414 g/mol. The molecule has 0 amide bonds. The normalized spacial score (nSPS) is 10.1. The molecule has 0 heterocycles. The summed E-state index contributed by atoms with van der Waals surface area (Å²) in [6, 6.07) is 19.4. The molecule has 0 aliphatic carbocycles. The summed E-state index contributed by atoms with van der Waals surface area (Å²) in [6.07, 6.45) is 0. The average molecular weight is 433 g/mol. The van der Waals surface area contributed by atoms with E-state index in [0.29, 0.717) is 34.0 Å². The minimum atomic E-state index is -0.489. The quantitative estimate of drug-likeness (QED) is 0.194. The molecule has 0 aromatic heterocycles. The number of nitro groups is 1. The summed E-state index contributed by atoms with van der Waals surface area (Å²) in [4.78, 5) is 32.8. The summed E-state index contributed by atoms with van der Waals surface area (Å²) in [7, 11) is 0. The first kappa shape index (κ1) is 22.2. The summed E-state index contributed by atoms with van der Waals surface area (Å²) in [5.41, 5.74) is 5.11. The minimum Gasteiger partial charge on any atom is -0.427 e. The van der Waals surface area contributed by atoms with Crippen LogP contribution < -0.4 is 14.9 Å². The fourth-order valence-corrected chi connectivity index (χ4v) is 2.80. The Morgan fingerprint density at radius 2 is 1.34 bits per heavy atom. The average Bonchev–Trinajstić information content (AvgIpc) is 2.75. The Kier molecular flexibility index (Phi) is 6.92. The lowest BCUT2D eigenvalue weighted by Crippen LogP contribution is -2.08. The lowest BCUT2D eigenvalue weighted by atomic mass is 10.0. The molecule has 0 atom stereocenters. The highest BCUT2D eigenvalue weighted by Gasteiger charge is 2.11. The lowest BCUT2D eigenvalue weighted by Gasteiger charge is -2.10. The number of carbonyl (C=O) groups is 2. The van der Waals surface area contributed by atoms with E-state index in [0.717, 1.165) is 0 Å². The van der Waals surface area contributed by atoms with Gasteiger partial charge in [-0.25, -0.2) is 0 Å². The van der Waals surface area contributed by atoms with Crippen LogP contribution in [0.15, 0.2) is 77.9 Å². The molecular formula is C23H19N3O6. The second kappa shape index (κ2) is 9.98. The molecule has 0 fully saturated rings. The number of nitrogens with one attached hydrogen (secondary N) is 1. The monoisotopic (exact) mass is 433 g/mol. The Bertz CT molecular complexity index is 1110. The van der Waals surface area contributed by atoms with Gasteiger partial charge in [0.05, 0.1) is 16.3 Å². The molecule has 32 heavy (non-hydrogen) atoms. The second-order valence-electron chi connectivity index (χ2n) is 6.62. The molecule has 0 unspecified atom stereocenters. The topological polar surface area (TPSA) is 120 Å². The van der Waals surface area contributed by atoms with Gasteiger partial charge in [0.2, 0.25) is 0 Å². The van der Waals surface area contributed by atoms with Gasteiger partial charge >= 0.3 is 11.9 Å². The highest BCUT2D eigenvalue weighted by Crippen LogP contribution is 2.21. The van der Waals surface area contributed by atoms with E-state index in [1.807, 2.05) is 0 Å². The largest absolute Gasteiger partial charge is 0.427 e. The van der Waals surface area contributed by atoms with Crippen molar-refractivity contribution in [3.63, 3.8) is 0 Å². The zero-order chi connectivity index (χ0) is 23.1. The molecule has 9 nitrogen and oxygen atoms in total. The Morgan fingerprint density at radius 3 is 1.78 bits per heavy atom. The molecule has 3 rings (SSSR count). The molecule has 0 spiro atoms. The molecule has 3 aromatic carbocycles. The van der Waals surface area contributed by atoms with E-state index in [4.69, 9.17) is 9.47 Å². The van der Waals surface area contributed by atoms with Crippen molar-refractivity contribution >= 4 is 29.0 Å². The third-order valence-electron chi connectivity index (χ3n) is 4.13. The maximum Gasteiger partial charge on any atom is 0.308 e. The Hall–Kier alpha value is -4.53. The highest BCUT2D eigenvalue weighted by atomic mass is 16.6. The van der Waals surface area contributed by atoms with Gasteiger partial charge in [0.25, 0.3) is 5.69 Å². The van der Waals surface area contributed by atoms with Crippen molar-refractivity contribution in [2.24, 2.45) is 5.10 Å². The van der Waals surface area contributed by atoms with Gasteiger partial charge in [0, 0.05) is 37.1 Å². The second-order valence-corrected chi connectivity index (χ2v) is 6.62. The first-order chi connectivity index (χ1) is 15.3. The van der Waals surface area contributed by atoms with Crippen molar-refractivity contribution in [1.29, 1.82) is 0 Å². The number of anilines is 1. The van der Waals surface area contributed by atoms with Gasteiger partial charge < -0.3 is 9.47 Å². The van der Waals surface area contributed by atoms with Gasteiger partial charge in [0.1, 0.15) is 11.5 Å². The van der Waals surface area contributed by atoms with E-state index in [-0.39, 0.29) is 5.69 Å². The van der Waals surface area contributed by atoms with Crippen molar-refractivity contribution in [2.75, 3.05) is 5.43 Å². The molecule has 0 saturated heterocycles. The van der Waals surface area contributed by atoms with Crippen LogP contribution in [0.2, 0.25) is 0 Å². The number of carbonyl (C=O) groups excluding carboxylic acids is 2. The third-order valence-corrected chi connectivity index (χ3v) is 4.13. The number of non-ortho nitro benzene ring substituents is 1. The van der Waals surface area contributed by atoms with E-state index in [1.165, 1.54) is 26.0 Å². The van der Waals surface area contributed by atoms with Gasteiger partial charge in [-0.3, -0.25) is 25.1 Å². The van der Waals surface area contributed by atoms with Crippen LogP contribution in [-0.2, 0) is 9.59 Å². The van der Waals surface area contributed by atoms with Gasteiger partial charge in [-0.05, 0) is 54.6 Å². The number of hydrogen-bond acceptors (Lipinski definition) is 8. The number of ether oxygens (including phenoxy) is 2. The number of esters is 2. The van der Waals surface area contributed by atoms with Crippen LogP contribution in [0.25, 0.3) is 0 Å². The van der Waals surface area contributed by atoms with E-state index in [9.17, 15) is 19.7 Å². The minimum absolute atomic E-state index is 0.0665. The van der Waals surface area contributed by atoms with Gasteiger partial charge in [-0.1, -0.05) is 6.07 Å². The number of nitrogens with zero attached hydrogens (tertiary/aromatic N) is 2. The molecule has 3 aromatic rings. The number of benzene rings is 3. The van der Waals surface area contributed by atoms with Crippen LogP contribution in [0.3, 0.4) is 0 Å². The fourth-order valence-electron chi connectivity index (χ4n) is 2.80. The fraction of sp³-hybridized carbons (Fsp3) is 0.0870. The van der Waals surface area contributed by atoms with Crippen LogP contribution in [-0.4, -0.2) is 22.6 Å². The van der Waals surface area contributed by atoms with Crippen molar-refractivity contribution in [3.8, 4) is 11.5 Å². The molecule has 0 aliphatic heterocycles. The first-order valence-corrected chi connectivity index (χ1v) is 9.47. The zero-order valence-electron chi connectivity index (χ0n) is 17.3. The molecule has 9 heteroatoms. The molecule has 0 radical (unpaired) electrons. The summed E-state index contributed by atoms with van der Waals surface area (Å²) >= 11 is 0. The van der Waals surface area contributed by atoms with Gasteiger partial charge in [-0.2, -0.15) is 5.10 Å². The standard InChI is InChI=1S/C23H19N3O6/c1-15(27)31-21-10-6-17(7-11-21)23(18-8-12-22(13-9-18)32-16(2)28)25-24-19-4-3-5-20(14-19)26(29)30/h3-14,24H,1-2H3. The van der Waals surface area contributed by atoms with Crippen molar-refractivity contribution in [3.05, 3.63) is 94.0 Å². The number of rotatable bonds is 7. The smallest absolute Gasteiger partial charge is 0.308 e. The SMILES string of the molecule is CC(=O)Oc1ccc(C(=NNc2cccc([N+](=O)[O-])c2)c2ccc(OC(C)=O)cc2)cc1. The van der Waals surface area contributed by atoms with Crippen LogP contribution in [0.1, 0.15) is 25.0 Å². The van der Waals surface area contributed by atoms with Crippen molar-refractivity contribution in [2.45, 2.75) is 13.8 Å². The predicted octanol–water partition coefficient (Wildman–Crippen LogP) is 4.31. The van der Waals surface area contributed by atoms with E-state index >= 15 is 0 Å². The number of nitro benzene ring substituents is 1. The van der Waals surface area contributed by atoms with E-state index in [2.05, 4.69) is 10.5 Å². The molecule has 162 valence electrons. The van der Waals surface area contributed by atoms with Gasteiger partial charge in [-0.15, -0.1) is 0 Å². The number of hydrogen-bond donors (Lipinski definition) is 1. The molecule has 0 bridgehead atoms. The maximum absolute atomic E-state index is 11.2. The maximum atomic E-state index is 11.2. The Labute approximate surface area is 183 Å². The van der Waals surface area contributed by atoms with E-state index in [1.54, 1.807) is 60.7 Å². The van der Waals surface area contributed by atoms with Crippen LogP contribution in [0, 0.1) is 10.1 Å². The summed E-state index contributed by atoms with van der Waals surface area (Å²) in [6.45, 7) is 2.63. The summed E-state index contributed by atoms with van der Waals surface area (Å²) in [5, 5.41) is 15.5. The third kappa shape index (κ3) is 5.99.